The van der Waals surface area contributed by atoms with Crippen LogP contribution in [0, 0.1) is 0 Å². The zero-order valence-corrected chi connectivity index (χ0v) is 12.9. The zero-order chi connectivity index (χ0) is 15.5. The Morgan fingerprint density at radius 1 is 1.00 bits per heavy atom. The summed E-state index contributed by atoms with van der Waals surface area (Å²) in [7, 11) is 0. The van der Waals surface area contributed by atoms with Gasteiger partial charge >= 0.3 is 0 Å². The first kappa shape index (κ1) is 14.1. The highest BCUT2D eigenvalue weighted by atomic mass is 16.5. The third kappa shape index (κ3) is 3.14. The maximum Gasteiger partial charge on any atom is 0.202 e. The lowest BCUT2D eigenvalue weighted by molar-refractivity contribution is -0.914. The van der Waals surface area contributed by atoms with Gasteiger partial charge in [-0.05, 0) is 24.3 Å². The second kappa shape index (κ2) is 6.30. The minimum absolute atomic E-state index is 0.701. The Hall–Kier alpha value is -2.53. The van der Waals surface area contributed by atoms with Crippen LogP contribution in [0.5, 0.6) is 0 Å². The molecule has 1 aromatic carbocycles. The molecule has 1 N–H and O–H groups in total. The number of piperazine rings is 1. The first-order valence-electron chi connectivity index (χ1n) is 8.01. The summed E-state index contributed by atoms with van der Waals surface area (Å²) in [5.74, 6) is 1.43. The lowest BCUT2D eigenvalue weighted by Crippen LogP contribution is -3.13. The molecule has 1 aliphatic rings. The fourth-order valence-electron chi connectivity index (χ4n) is 3.08. The summed E-state index contributed by atoms with van der Waals surface area (Å²) in [6.45, 7) is 5.26. The maximum atomic E-state index is 5.37. The van der Waals surface area contributed by atoms with Gasteiger partial charge < -0.3 is 18.7 Å². The Kier molecular flexibility index (Phi) is 3.86. The molecule has 0 unspecified atom stereocenters. The molecule has 0 bridgehead atoms. The minimum atomic E-state index is 0.701. The summed E-state index contributed by atoms with van der Waals surface area (Å²) in [5.41, 5.74) is 2.30. The Labute approximate surface area is 135 Å². The van der Waals surface area contributed by atoms with Crippen LogP contribution in [-0.4, -0.2) is 31.3 Å². The van der Waals surface area contributed by atoms with Crippen LogP contribution < -0.4 is 9.80 Å². The van der Waals surface area contributed by atoms with Gasteiger partial charge in [0.2, 0.25) is 5.76 Å². The highest BCUT2D eigenvalue weighted by Crippen LogP contribution is 2.20. The van der Waals surface area contributed by atoms with Crippen molar-refractivity contribution in [3.8, 4) is 11.5 Å². The number of aromatic nitrogens is 1. The average molecular weight is 310 g/mol. The molecule has 1 fully saturated rings. The monoisotopic (exact) mass is 310 g/mol. The van der Waals surface area contributed by atoms with E-state index in [1.54, 1.807) is 6.26 Å². The summed E-state index contributed by atoms with van der Waals surface area (Å²) in [4.78, 5) is 3.98. The van der Waals surface area contributed by atoms with Crippen molar-refractivity contribution >= 4 is 5.69 Å². The van der Waals surface area contributed by atoms with E-state index in [-0.39, 0.29) is 0 Å². The first-order valence-corrected chi connectivity index (χ1v) is 8.01. The van der Waals surface area contributed by atoms with E-state index < -0.39 is 0 Å². The number of quaternary nitrogens is 1. The van der Waals surface area contributed by atoms with Gasteiger partial charge in [0.25, 0.3) is 0 Å². The van der Waals surface area contributed by atoms with Crippen LogP contribution in [0.3, 0.4) is 0 Å². The second-order valence-electron chi connectivity index (χ2n) is 5.91. The number of benzene rings is 1. The van der Waals surface area contributed by atoms with Crippen LogP contribution in [0.2, 0.25) is 0 Å². The third-order valence-corrected chi connectivity index (χ3v) is 4.35. The van der Waals surface area contributed by atoms with E-state index in [0.29, 0.717) is 5.76 Å². The summed E-state index contributed by atoms with van der Waals surface area (Å²) in [5, 5.41) is 4.17. The van der Waals surface area contributed by atoms with E-state index in [1.165, 1.54) is 10.6 Å². The fraction of sp³-hybridized carbons (Fsp3) is 0.278. The number of hydrogen-bond acceptors (Lipinski definition) is 4. The molecule has 3 aromatic rings. The van der Waals surface area contributed by atoms with E-state index in [9.17, 15) is 0 Å². The molecule has 0 aliphatic carbocycles. The number of anilines is 1. The van der Waals surface area contributed by atoms with E-state index >= 15 is 0 Å². The molecule has 2 aromatic heterocycles. The summed E-state index contributed by atoms with van der Waals surface area (Å²) < 4.78 is 10.7. The number of nitrogens with one attached hydrogen (secondary N) is 1. The smallest absolute Gasteiger partial charge is 0.202 e. The van der Waals surface area contributed by atoms with Crippen molar-refractivity contribution in [2.45, 2.75) is 6.54 Å². The normalized spacial score (nSPS) is 15.9. The molecule has 1 aliphatic heterocycles. The number of nitrogens with zero attached hydrogens (tertiary/aromatic N) is 2. The maximum absolute atomic E-state index is 5.37. The predicted molar refractivity (Wildman–Crippen MR) is 87.3 cm³/mol. The SMILES string of the molecule is c1ccc(N2CC[NH+](Cc3cc(-c4ccco4)on3)CC2)cc1. The van der Waals surface area contributed by atoms with E-state index in [4.69, 9.17) is 8.94 Å². The Morgan fingerprint density at radius 2 is 1.83 bits per heavy atom. The lowest BCUT2D eigenvalue weighted by Gasteiger charge is -2.33. The van der Waals surface area contributed by atoms with Crippen molar-refractivity contribution in [3.63, 3.8) is 0 Å². The molecule has 1 saturated heterocycles. The van der Waals surface area contributed by atoms with Gasteiger partial charge in [0.05, 0.1) is 32.4 Å². The molecular formula is C18H20N3O2+. The van der Waals surface area contributed by atoms with Crippen LogP contribution in [0.25, 0.3) is 11.5 Å². The van der Waals surface area contributed by atoms with Gasteiger partial charge in [-0.2, -0.15) is 0 Å². The van der Waals surface area contributed by atoms with Crippen LogP contribution >= 0.6 is 0 Å². The van der Waals surface area contributed by atoms with Gasteiger partial charge in [0, 0.05) is 11.8 Å². The van der Waals surface area contributed by atoms with Gasteiger partial charge in [0.1, 0.15) is 12.2 Å². The van der Waals surface area contributed by atoms with Crippen LogP contribution in [-0.2, 0) is 6.54 Å². The molecule has 0 saturated carbocycles. The second-order valence-corrected chi connectivity index (χ2v) is 5.91. The summed E-state index contributed by atoms with van der Waals surface area (Å²) >= 11 is 0. The van der Waals surface area contributed by atoms with E-state index in [0.717, 1.165) is 44.2 Å². The first-order chi connectivity index (χ1) is 11.4. The zero-order valence-electron chi connectivity index (χ0n) is 12.9. The highest BCUT2D eigenvalue weighted by Gasteiger charge is 2.21. The van der Waals surface area contributed by atoms with E-state index in [1.807, 2.05) is 18.2 Å². The third-order valence-electron chi connectivity index (χ3n) is 4.35. The number of hydrogen-bond donors (Lipinski definition) is 1. The van der Waals surface area contributed by atoms with E-state index in [2.05, 4.69) is 40.4 Å². The van der Waals surface area contributed by atoms with Gasteiger partial charge in [-0.1, -0.05) is 23.4 Å². The van der Waals surface area contributed by atoms with Crippen molar-refractivity contribution in [2.24, 2.45) is 0 Å². The molecule has 118 valence electrons. The van der Waals surface area contributed by atoms with Crippen molar-refractivity contribution in [2.75, 3.05) is 31.1 Å². The predicted octanol–water partition coefficient (Wildman–Crippen LogP) is 1.84. The fourth-order valence-corrected chi connectivity index (χ4v) is 3.08. The van der Waals surface area contributed by atoms with Crippen LogP contribution in [0.15, 0.2) is 63.7 Å². The Morgan fingerprint density at radius 3 is 2.57 bits per heavy atom. The van der Waals surface area contributed by atoms with Crippen molar-refractivity contribution in [1.82, 2.24) is 5.16 Å². The van der Waals surface area contributed by atoms with Crippen molar-refractivity contribution < 1.29 is 13.8 Å². The average Bonchev–Trinajstić information content (AvgIpc) is 3.28. The van der Waals surface area contributed by atoms with Gasteiger partial charge in [-0.15, -0.1) is 0 Å². The van der Waals surface area contributed by atoms with Crippen molar-refractivity contribution in [3.05, 3.63) is 60.5 Å². The lowest BCUT2D eigenvalue weighted by atomic mass is 10.2. The topological polar surface area (TPSA) is 46.9 Å². The highest BCUT2D eigenvalue weighted by molar-refractivity contribution is 5.49. The Bertz CT molecular complexity index is 729. The minimum Gasteiger partial charge on any atom is -0.461 e. The van der Waals surface area contributed by atoms with Gasteiger partial charge in [0.15, 0.2) is 5.76 Å². The van der Waals surface area contributed by atoms with Crippen LogP contribution in [0.1, 0.15) is 5.69 Å². The molecule has 0 amide bonds. The molecule has 0 spiro atoms. The molecule has 5 nitrogen and oxygen atoms in total. The van der Waals surface area contributed by atoms with Gasteiger partial charge in [-0.3, -0.25) is 0 Å². The summed E-state index contributed by atoms with van der Waals surface area (Å²) in [6, 6.07) is 16.3. The molecule has 0 radical (unpaired) electrons. The largest absolute Gasteiger partial charge is 0.461 e. The van der Waals surface area contributed by atoms with Crippen LogP contribution in [0.4, 0.5) is 5.69 Å². The Balaban J connectivity index is 1.35. The van der Waals surface area contributed by atoms with Crippen molar-refractivity contribution in [1.29, 1.82) is 0 Å². The van der Waals surface area contributed by atoms with Gasteiger partial charge in [-0.25, -0.2) is 0 Å². The number of para-hydroxylation sites is 1. The molecule has 23 heavy (non-hydrogen) atoms. The summed E-state index contributed by atoms with van der Waals surface area (Å²) in [6.07, 6.45) is 1.64. The standard InChI is InChI=1S/C18H19N3O2/c1-2-5-16(6-3-1)21-10-8-20(9-11-21)14-15-13-18(23-19-15)17-7-4-12-22-17/h1-7,12-13H,8-11,14H2/p+1. The quantitative estimate of drug-likeness (QED) is 0.799. The number of rotatable bonds is 4. The molecule has 4 rings (SSSR count). The molecule has 5 heteroatoms. The molecule has 0 atom stereocenters. The number of furan rings is 1. The molecular weight excluding hydrogens is 290 g/mol. The molecule has 3 heterocycles.